The van der Waals surface area contributed by atoms with E-state index in [1.165, 1.54) is 12.1 Å². The molecule has 3 rings (SSSR count). The number of carbonyl (C=O) groups excluding carboxylic acids is 1. The number of carbonyl (C=O) groups is 1. The number of nitrogen functional groups attached to an aromatic ring is 1. The lowest BCUT2D eigenvalue weighted by atomic mass is 10.1. The van der Waals surface area contributed by atoms with Crippen LogP contribution in [0.4, 0.5) is 15.8 Å². The van der Waals surface area contributed by atoms with Gasteiger partial charge in [-0.15, -0.1) is 11.8 Å². The number of hydrogen-bond acceptors (Lipinski definition) is 3. The van der Waals surface area contributed by atoms with E-state index < -0.39 is 0 Å². The molecule has 20 heavy (non-hydrogen) atoms. The SMILES string of the molecule is Nc1ccc([C@@H]2SCC(=O)N2c2ccc(F)cc2)cc1. The van der Waals surface area contributed by atoms with E-state index in [0.717, 1.165) is 5.56 Å². The second-order valence-electron chi connectivity index (χ2n) is 4.57. The summed E-state index contributed by atoms with van der Waals surface area (Å²) < 4.78 is 13.0. The summed E-state index contributed by atoms with van der Waals surface area (Å²) >= 11 is 1.56. The second kappa shape index (κ2) is 5.17. The smallest absolute Gasteiger partial charge is 0.238 e. The third-order valence-corrected chi connectivity index (χ3v) is 4.41. The molecule has 0 aromatic heterocycles. The van der Waals surface area contributed by atoms with Gasteiger partial charge in [-0.1, -0.05) is 12.1 Å². The van der Waals surface area contributed by atoms with Crippen LogP contribution >= 0.6 is 11.8 Å². The van der Waals surface area contributed by atoms with E-state index in [2.05, 4.69) is 0 Å². The Hall–Kier alpha value is -2.01. The number of nitrogens with zero attached hydrogens (tertiary/aromatic N) is 1. The van der Waals surface area contributed by atoms with Crippen molar-refractivity contribution in [3.63, 3.8) is 0 Å². The third kappa shape index (κ3) is 2.36. The maximum Gasteiger partial charge on any atom is 0.238 e. The van der Waals surface area contributed by atoms with Gasteiger partial charge >= 0.3 is 0 Å². The van der Waals surface area contributed by atoms with Gasteiger partial charge in [0.2, 0.25) is 5.91 Å². The minimum atomic E-state index is -0.308. The Morgan fingerprint density at radius 1 is 1.10 bits per heavy atom. The van der Waals surface area contributed by atoms with Gasteiger partial charge in [0.05, 0.1) is 5.75 Å². The fraction of sp³-hybridized carbons (Fsp3) is 0.133. The molecule has 1 aliphatic rings. The molecule has 2 aromatic rings. The van der Waals surface area contributed by atoms with Crippen molar-refractivity contribution in [2.75, 3.05) is 16.4 Å². The van der Waals surface area contributed by atoms with Gasteiger partial charge in [0.25, 0.3) is 0 Å². The van der Waals surface area contributed by atoms with Gasteiger partial charge in [-0.3, -0.25) is 9.69 Å². The van der Waals surface area contributed by atoms with Crippen molar-refractivity contribution in [3.8, 4) is 0 Å². The van der Waals surface area contributed by atoms with Crippen molar-refractivity contribution in [3.05, 3.63) is 59.9 Å². The first-order valence-corrected chi connectivity index (χ1v) is 7.25. The molecule has 1 amide bonds. The fourth-order valence-corrected chi connectivity index (χ4v) is 3.39. The van der Waals surface area contributed by atoms with Crippen LogP contribution in [0, 0.1) is 5.82 Å². The van der Waals surface area contributed by atoms with E-state index >= 15 is 0 Å². The summed E-state index contributed by atoms with van der Waals surface area (Å²) in [5.74, 6) is 0.146. The number of anilines is 2. The topological polar surface area (TPSA) is 46.3 Å². The van der Waals surface area contributed by atoms with Gasteiger partial charge in [0, 0.05) is 11.4 Å². The monoisotopic (exact) mass is 288 g/mol. The molecule has 0 spiro atoms. The van der Waals surface area contributed by atoms with Crippen molar-refractivity contribution in [1.29, 1.82) is 0 Å². The Balaban J connectivity index is 1.96. The Bertz CT molecular complexity index is 627. The summed E-state index contributed by atoms with van der Waals surface area (Å²) in [5, 5.41) is -0.0893. The average molecular weight is 288 g/mol. The lowest BCUT2D eigenvalue weighted by molar-refractivity contribution is -0.115. The van der Waals surface area contributed by atoms with Gasteiger partial charge in [0.1, 0.15) is 11.2 Å². The van der Waals surface area contributed by atoms with Crippen LogP contribution in [0.15, 0.2) is 48.5 Å². The summed E-state index contributed by atoms with van der Waals surface area (Å²) in [6, 6.07) is 13.5. The van der Waals surface area contributed by atoms with E-state index in [4.69, 9.17) is 5.73 Å². The van der Waals surface area contributed by atoms with Gasteiger partial charge in [-0.05, 0) is 42.0 Å². The molecular weight excluding hydrogens is 275 g/mol. The molecule has 0 saturated carbocycles. The van der Waals surface area contributed by atoms with Crippen LogP contribution in [0.25, 0.3) is 0 Å². The van der Waals surface area contributed by atoms with Crippen molar-refractivity contribution >= 4 is 29.0 Å². The Labute approximate surface area is 120 Å². The van der Waals surface area contributed by atoms with Crippen LogP contribution < -0.4 is 10.6 Å². The first kappa shape index (κ1) is 13.0. The lowest BCUT2D eigenvalue weighted by Crippen LogP contribution is -2.27. The molecule has 1 aliphatic heterocycles. The molecule has 1 saturated heterocycles. The van der Waals surface area contributed by atoms with Crippen molar-refractivity contribution in [2.24, 2.45) is 0 Å². The van der Waals surface area contributed by atoms with Crippen LogP contribution in [0.1, 0.15) is 10.9 Å². The number of hydrogen-bond donors (Lipinski definition) is 1. The van der Waals surface area contributed by atoms with E-state index in [-0.39, 0.29) is 17.1 Å². The Morgan fingerprint density at radius 2 is 1.75 bits per heavy atom. The summed E-state index contributed by atoms with van der Waals surface area (Å²) in [5.41, 5.74) is 8.10. The lowest BCUT2D eigenvalue weighted by Gasteiger charge is -2.24. The number of halogens is 1. The summed E-state index contributed by atoms with van der Waals surface area (Å²) in [6.45, 7) is 0. The number of thioether (sulfide) groups is 1. The molecule has 0 unspecified atom stereocenters. The highest BCUT2D eigenvalue weighted by Gasteiger charge is 2.33. The Kier molecular flexibility index (Phi) is 3.36. The minimum absolute atomic E-state index is 0.0310. The fourth-order valence-electron chi connectivity index (χ4n) is 2.21. The van der Waals surface area contributed by atoms with Crippen molar-refractivity contribution in [2.45, 2.75) is 5.37 Å². The number of rotatable bonds is 2. The van der Waals surface area contributed by atoms with Gasteiger partial charge in [0.15, 0.2) is 0 Å². The summed E-state index contributed by atoms with van der Waals surface area (Å²) in [4.78, 5) is 13.8. The standard InChI is InChI=1S/C15H13FN2OS/c16-11-3-7-13(8-4-11)18-14(19)9-20-15(18)10-1-5-12(17)6-2-10/h1-8,15H,9,17H2/t15-/m0/s1. The molecule has 2 N–H and O–H groups in total. The van der Waals surface area contributed by atoms with E-state index in [9.17, 15) is 9.18 Å². The number of nitrogens with two attached hydrogens (primary N) is 1. The van der Waals surface area contributed by atoms with Crippen LogP contribution in [-0.2, 0) is 4.79 Å². The van der Waals surface area contributed by atoms with Crippen molar-refractivity contribution in [1.82, 2.24) is 0 Å². The highest BCUT2D eigenvalue weighted by molar-refractivity contribution is 8.00. The Morgan fingerprint density at radius 3 is 2.40 bits per heavy atom. The number of benzene rings is 2. The summed E-state index contributed by atoms with van der Waals surface area (Å²) in [6.07, 6.45) is 0. The molecule has 102 valence electrons. The van der Waals surface area contributed by atoms with Crippen LogP contribution in [-0.4, -0.2) is 11.7 Å². The molecule has 0 aliphatic carbocycles. The van der Waals surface area contributed by atoms with Crippen molar-refractivity contribution < 1.29 is 9.18 Å². The molecule has 5 heteroatoms. The first-order chi connectivity index (χ1) is 9.65. The maximum atomic E-state index is 13.0. The summed E-state index contributed by atoms with van der Waals surface area (Å²) in [7, 11) is 0. The highest BCUT2D eigenvalue weighted by atomic mass is 32.2. The molecular formula is C15H13FN2OS. The molecule has 1 heterocycles. The van der Waals surface area contributed by atoms with Crippen LogP contribution in [0.5, 0.6) is 0 Å². The molecule has 0 bridgehead atoms. The molecule has 1 fully saturated rings. The van der Waals surface area contributed by atoms with Crippen LogP contribution in [0.3, 0.4) is 0 Å². The average Bonchev–Trinajstić information content (AvgIpc) is 2.83. The molecule has 0 radical (unpaired) electrons. The molecule has 2 aromatic carbocycles. The largest absolute Gasteiger partial charge is 0.399 e. The van der Waals surface area contributed by atoms with Crippen LogP contribution in [0.2, 0.25) is 0 Å². The normalized spacial score (nSPS) is 18.6. The van der Waals surface area contributed by atoms with Gasteiger partial charge in [-0.25, -0.2) is 4.39 Å². The molecule has 3 nitrogen and oxygen atoms in total. The number of amides is 1. The van der Waals surface area contributed by atoms with E-state index in [0.29, 0.717) is 17.1 Å². The zero-order chi connectivity index (χ0) is 14.1. The zero-order valence-electron chi connectivity index (χ0n) is 10.6. The predicted octanol–water partition coefficient (Wildman–Crippen LogP) is 3.19. The molecule has 1 atom stereocenters. The highest BCUT2D eigenvalue weighted by Crippen LogP contribution is 2.41. The minimum Gasteiger partial charge on any atom is -0.399 e. The van der Waals surface area contributed by atoms with E-state index in [1.54, 1.807) is 28.8 Å². The first-order valence-electron chi connectivity index (χ1n) is 6.20. The zero-order valence-corrected chi connectivity index (χ0v) is 11.4. The predicted molar refractivity (Wildman–Crippen MR) is 79.9 cm³/mol. The third-order valence-electron chi connectivity index (χ3n) is 3.19. The van der Waals surface area contributed by atoms with Gasteiger partial charge in [-0.2, -0.15) is 0 Å². The van der Waals surface area contributed by atoms with E-state index in [1.807, 2.05) is 24.3 Å². The quantitative estimate of drug-likeness (QED) is 0.863. The maximum absolute atomic E-state index is 13.0. The second-order valence-corrected chi connectivity index (χ2v) is 5.64. The van der Waals surface area contributed by atoms with Gasteiger partial charge < -0.3 is 5.73 Å².